The van der Waals surface area contributed by atoms with Gasteiger partial charge in [-0.25, -0.2) is 0 Å². The Bertz CT molecular complexity index is 218. The monoisotopic (exact) mass is 166 g/mol. The molecule has 12 heavy (non-hydrogen) atoms. The van der Waals surface area contributed by atoms with Crippen LogP contribution in [0.2, 0.25) is 0 Å². The molecular weight excluding hydrogens is 144 g/mol. The van der Waals surface area contributed by atoms with Crippen LogP contribution in [-0.2, 0) is 12.8 Å². The largest absolute Gasteiger partial charge is 0.0776 e. The van der Waals surface area contributed by atoms with Crippen molar-refractivity contribution in [1.82, 2.24) is 0 Å². The van der Waals surface area contributed by atoms with Crippen molar-refractivity contribution >= 4 is 0 Å². The zero-order valence-electron chi connectivity index (χ0n) is 6.30. The molecule has 0 saturated carbocycles. The van der Waals surface area contributed by atoms with Gasteiger partial charge in [-0.2, -0.15) is 0 Å². The number of benzene rings is 1. The molecule has 1 aliphatic carbocycles. The lowest BCUT2D eigenvalue weighted by atomic mass is 10.1. The third-order valence-corrected chi connectivity index (χ3v) is 2.26. The fourth-order valence-electron chi connectivity index (χ4n) is 1.78. The summed E-state index contributed by atoms with van der Waals surface area (Å²) in [5.41, 5.74) is 3.13. The molecular formula is C12H22. The summed E-state index contributed by atoms with van der Waals surface area (Å²) in [5.74, 6) is 0.873. The molecule has 0 aromatic heterocycles. The van der Waals surface area contributed by atoms with Gasteiger partial charge in [-0.05, 0) is 29.9 Å². The molecule has 0 nitrogen and oxygen atoms in total. The molecule has 0 amide bonds. The molecule has 1 aromatic rings. The van der Waals surface area contributed by atoms with Crippen LogP contribution in [0.1, 0.15) is 34.3 Å². The minimum Gasteiger partial charge on any atom is -0.0776 e. The van der Waals surface area contributed by atoms with Crippen molar-refractivity contribution < 1.29 is 1.43 Å². The van der Waals surface area contributed by atoms with Crippen molar-refractivity contribution in [2.45, 2.75) is 34.6 Å². The lowest BCUT2D eigenvalue weighted by Crippen LogP contribution is -1.89. The van der Waals surface area contributed by atoms with Gasteiger partial charge >= 0.3 is 0 Å². The van der Waals surface area contributed by atoms with Crippen molar-refractivity contribution in [1.29, 1.82) is 0 Å². The van der Waals surface area contributed by atoms with Gasteiger partial charge in [0.05, 0.1) is 0 Å². The van der Waals surface area contributed by atoms with Crippen LogP contribution >= 0.6 is 0 Å². The molecule has 0 bridgehead atoms. The van der Waals surface area contributed by atoms with E-state index in [-0.39, 0.29) is 16.3 Å². The lowest BCUT2D eigenvalue weighted by Gasteiger charge is -1.93. The molecule has 0 atom stereocenters. The van der Waals surface area contributed by atoms with Crippen LogP contribution in [-0.4, -0.2) is 0 Å². The van der Waals surface area contributed by atoms with Crippen molar-refractivity contribution in [2.24, 2.45) is 5.92 Å². The first kappa shape index (κ1) is 11.2. The molecule has 0 unspecified atom stereocenters. The summed E-state index contributed by atoms with van der Waals surface area (Å²) in [4.78, 5) is 0. The van der Waals surface area contributed by atoms with Gasteiger partial charge in [-0.15, -0.1) is 0 Å². The highest BCUT2D eigenvalue weighted by atomic mass is 14.2. The zero-order valence-corrected chi connectivity index (χ0v) is 6.30. The number of fused-ring (bicyclic) bond motifs is 1. The average molecular weight is 166 g/mol. The molecule has 0 heterocycles. The number of hydrogen-bond donors (Lipinski definition) is 0. The quantitative estimate of drug-likeness (QED) is 0.547. The Balaban J connectivity index is 0. The average Bonchev–Trinajstić information content (AvgIpc) is 2.27. The summed E-state index contributed by atoms with van der Waals surface area (Å²) in [6.45, 7) is 2.32. The minimum absolute atomic E-state index is 0. The van der Waals surface area contributed by atoms with Gasteiger partial charge in [-0.3, -0.25) is 0 Å². The van der Waals surface area contributed by atoms with Crippen molar-refractivity contribution in [3.8, 4) is 0 Å². The lowest BCUT2D eigenvalue weighted by molar-refractivity contribution is 0.628. The second kappa shape index (κ2) is 4.30. The summed E-state index contributed by atoms with van der Waals surface area (Å²) < 4.78 is 0. The van der Waals surface area contributed by atoms with E-state index in [0.29, 0.717) is 0 Å². The van der Waals surface area contributed by atoms with Gasteiger partial charge in [0.15, 0.2) is 0 Å². The van der Waals surface area contributed by atoms with Crippen LogP contribution < -0.4 is 0 Å². The molecule has 0 saturated heterocycles. The highest BCUT2D eigenvalue weighted by Gasteiger charge is 2.15. The van der Waals surface area contributed by atoms with Gasteiger partial charge in [0, 0.05) is 1.43 Å². The number of rotatable bonds is 0. The Hall–Kier alpha value is -0.780. The molecule has 70 valence electrons. The maximum atomic E-state index is 2.32. The predicted octanol–water partition coefficient (Wildman–Crippen LogP) is 3.94. The highest BCUT2D eigenvalue weighted by molar-refractivity contribution is 5.31. The first-order chi connectivity index (χ1) is 4.86. The smallest absolute Gasteiger partial charge is 0 e. The van der Waals surface area contributed by atoms with E-state index in [2.05, 4.69) is 31.2 Å². The van der Waals surface area contributed by atoms with Gasteiger partial charge in [0.25, 0.3) is 0 Å². The van der Waals surface area contributed by atoms with E-state index in [1.165, 1.54) is 12.8 Å². The fraction of sp³-hybridized carbons (Fsp3) is 0.500. The topological polar surface area (TPSA) is 0 Å². The molecule has 1 aliphatic rings. The molecule has 0 heteroatoms. The van der Waals surface area contributed by atoms with Crippen molar-refractivity contribution in [3.05, 3.63) is 35.4 Å². The second-order valence-electron chi connectivity index (χ2n) is 3.28. The Kier molecular flexibility index (Phi) is 4.02. The first-order valence-electron chi connectivity index (χ1n) is 3.93. The van der Waals surface area contributed by atoms with Crippen LogP contribution in [0.4, 0.5) is 0 Å². The minimum atomic E-state index is 0. The van der Waals surface area contributed by atoms with Crippen LogP contribution in [0.25, 0.3) is 0 Å². The SMILES string of the molecule is C.C.CC1Cc2ccccc2C1.[HH]. The molecule has 0 aliphatic heterocycles. The summed E-state index contributed by atoms with van der Waals surface area (Å²) >= 11 is 0. The molecule has 0 fully saturated rings. The van der Waals surface area contributed by atoms with Gasteiger partial charge in [0.1, 0.15) is 0 Å². The van der Waals surface area contributed by atoms with E-state index in [9.17, 15) is 0 Å². The Morgan fingerprint density at radius 2 is 1.50 bits per heavy atom. The van der Waals surface area contributed by atoms with Gasteiger partial charge in [0.2, 0.25) is 0 Å². The Morgan fingerprint density at radius 3 is 1.92 bits per heavy atom. The van der Waals surface area contributed by atoms with E-state index >= 15 is 0 Å². The summed E-state index contributed by atoms with van der Waals surface area (Å²) in [7, 11) is 0. The van der Waals surface area contributed by atoms with E-state index < -0.39 is 0 Å². The Labute approximate surface area is 78.1 Å². The van der Waals surface area contributed by atoms with Crippen LogP contribution in [0.3, 0.4) is 0 Å². The third-order valence-electron chi connectivity index (χ3n) is 2.26. The third kappa shape index (κ3) is 1.88. The van der Waals surface area contributed by atoms with Crippen LogP contribution in [0.5, 0.6) is 0 Å². The second-order valence-corrected chi connectivity index (χ2v) is 3.28. The molecule has 0 N–H and O–H groups in total. The molecule has 1 aromatic carbocycles. The van der Waals surface area contributed by atoms with E-state index in [0.717, 1.165) is 5.92 Å². The molecule has 0 radical (unpaired) electrons. The summed E-state index contributed by atoms with van der Waals surface area (Å²) in [5, 5.41) is 0. The first-order valence-corrected chi connectivity index (χ1v) is 3.93. The summed E-state index contributed by atoms with van der Waals surface area (Å²) in [6, 6.07) is 8.77. The maximum absolute atomic E-state index is 2.32. The Morgan fingerprint density at radius 1 is 1.08 bits per heavy atom. The van der Waals surface area contributed by atoms with Crippen molar-refractivity contribution in [3.63, 3.8) is 0 Å². The van der Waals surface area contributed by atoms with E-state index in [1.54, 1.807) is 11.1 Å². The van der Waals surface area contributed by atoms with Crippen LogP contribution in [0, 0.1) is 5.92 Å². The van der Waals surface area contributed by atoms with E-state index in [1.807, 2.05) is 0 Å². The van der Waals surface area contributed by atoms with Crippen LogP contribution in [0.15, 0.2) is 24.3 Å². The predicted molar refractivity (Wildman–Crippen MR) is 58.6 cm³/mol. The summed E-state index contributed by atoms with van der Waals surface area (Å²) in [6.07, 6.45) is 2.58. The maximum Gasteiger partial charge on any atom is 0 e. The van der Waals surface area contributed by atoms with Gasteiger partial charge < -0.3 is 0 Å². The van der Waals surface area contributed by atoms with E-state index in [4.69, 9.17) is 0 Å². The standard InChI is InChI=1S/C10H12.2CH4.H2/c1-8-6-9-4-2-3-5-10(9)7-8;;;/h2-5,8H,6-7H2,1H3;2*1H4;1H. The molecule has 0 spiro atoms. The fourth-order valence-corrected chi connectivity index (χ4v) is 1.78. The van der Waals surface area contributed by atoms with Crippen molar-refractivity contribution in [2.75, 3.05) is 0 Å². The zero-order chi connectivity index (χ0) is 6.97. The normalized spacial score (nSPS) is 14.4. The number of hydrogen-bond acceptors (Lipinski definition) is 0. The highest BCUT2D eigenvalue weighted by Crippen LogP contribution is 2.25. The van der Waals surface area contributed by atoms with Gasteiger partial charge in [-0.1, -0.05) is 46.0 Å². The molecule has 2 rings (SSSR count).